The molecule has 1 aliphatic heterocycles. The molecule has 1 heterocycles. The van der Waals surface area contributed by atoms with Crippen molar-refractivity contribution >= 4 is 43.1 Å². The minimum absolute atomic E-state index is 0.703. The van der Waals surface area contributed by atoms with E-state index in [1.807, 2.05) is 0 Å². The van der Waals surface area contributed by atoms with Crippen LogP contribution in [0.4, 0.5) is 11.4 Å². The average Bonchev–Trinajstić information content (AvgIpc) is 3.00. The van der Waals surface area contributed by atoms with Crippen molar-refractivity contribution in [2.24, 2.45) is 0 Å². The fourth-order valence-electron chi connectivity index (χ4n) is 9.20. The van der Waals surface area contributed by atoms with Crippen LogP contribution in [0.5, 0.6) is 0 Å². The predicted molar refractivity (Wildman–Crippen MR) is 228 cm³/mol. The summed E-state index contributed by atoms with van der Waals surface area (Å²) in [5.41, 5.74) is 30.1. The number of para-hydroxylation sites is 2. The molecule has 1 saturated heterocycles. The molecule has 0 amide bonds. The van der Waals surface area contributed by atoms with Crippen LogP contribution in [0.25, 0.3) is 44.5 Å². The number of rotatable bonds is 6. The maximum atomic E-state index is 2.87. The number of hydrogen-bond acceptors (Lipinski definition) is 2. The number of nitrogens with zero attached hydrogens (tertiary/aromatic N) is 2. The van der Waals surface area contributed by atoms with Gasteiger partial charge in [-0.2, -0.15) is 0 Å². The van der Waals surface area contributed by atoms with Gasteiger partial charge in [-0.15, -0.1) is 0 Å². The average molecular weight is 800 g/mol. The summed E-state index contributed by atoms with van der Waals surface area (Å²) in [5, 5.41) is 0. The molecule has 0 aromatic heterocycles. The second-order valence-corrected chi connectivity index (χ2v) is 23.9. The van der Waals surface area contributed by atoms with Crippen LogP contribution in [0, 0.1) is 83.1 Å². The van der Waals surface area contributed by atoms with Crippen molar-refractivity contribution < 1.29 is 0 Å². The summed E-state index contributed by atoms with van der Waals surface area (Å²) >= 11 is -1.41. The summed E-state index contributed by atoms with van der Waals surface area (Å²) < 4.78 is 5.73. The fourth-order valence-corrected chi connectivity index (χ4v) is 16.2. The normalized spacial score (nSPS) is 12.8. The van der Waals surface area contributed by atoms with Gasteiger partial charge in [-0.1, -0.05) is 0 Å². The van der Waals surface area contributed by atoms with Crippen molar-refractivity contribution in [1.82, 2.24) is 0 Å². The quantitative estimate of drug-likeness (QED) is 0.155. The Bertz CT molecular complexity index is 1990. The molecule has 260 valence electrons. The topological polar surface area (TPSA) is 6.48 Å². The standard InChI is InChI=1S/C48H50Ge2N2/c1-27-19-31(5)43(32(6)20-27)39-15-13-16-40(44-33(7)21-28(2)22-34(44)8)47(39)51-49-52(50-51)48-41(45-35(9)23-29(3)24-36(45)10)17-14-18-42(48)46-37(11)25-30(4)26-38(46)12/h13-26H,1-12H3. The van der Waals surface area contributed by atoms with Gasteiger partial charge in [-0.05, 0) is 0 Å². The van der Waals surface area contributed by atoms with Crippen molar-refractivity contribution in [3.05, 3.63) is 152 Å². The molecule has 4 radical (unpaired) electrons. The molecule has 0 saturated carbocycles. The Balaban J connectivity index is 1.44. The monoisotopic (exact) mass is 802 g/mol. The number of benzene rings is 6. The van der Waals surface area contributed by atoms with E-state index in [0.29, 0.717) is 0 Å². The Morgan fingerprint density at radius 1 is 0.308 bits per heavy atom. The first-order chi connectivity index (χ1) is 24.7. The van der Waals surface area contributed by atoms with E-state index >= 15 is 0 Å². The Labute approximate surface area is 326 Å². The third-order valence-electron chi connectivity index (χ3n) is 10.7. The zero-order valence-corrected chi connectivity index (χ0v) is 37.2. The number of aryl methyl sites for hydroxylation is 12. The molecule has 1 fully saturated rings. The van der Waals surface area contributed by atoms with E-state index in [1.165, 1.54) is 123 Å². The summed E-state index contributed by atoms with van der Waals surface area (Å²) in [5.74, 6) is 0. The van der Waals surface area contributed by atoms with Gasteiger partial charge in [0.25, 0.3) is 0 Å². The molecule has 1 aliphatic rings. The van der Waals surface area contributed by atoms with Gasteiger partial charge in [0.15, 0.2) is 0 Å². The van der Waals surface area contributed by atoms with Gasteiger partial charge in [0.1, 0.15) is 0 Å². The van der Waals surface area contributed by atoms with Crippen LogP contribution in [0.2, 0.25) is 0 Å². The Kier molecular flexibility index (Phi) is 9.86. The van der Waals surface area contributed by atoms with Gasteiger partial charge in [0.05, 0.1) is 0 Å². The SMILES string of the molecule is Cc1cc(C)c(-c2cccc(-c3c(C)cc(C)cc3C)c2[N]2[Ge][N](c3c(-c4c(C)cc(C)cc4C)cccc3-c3c(C)cc(C)cc3C)[Ge]2)c(C)c1. The van der Waals surface area contributed by atoms with Crippen LogP contribution in [0.15, 0.2) is 84.9 Å². The predicted octanol–water partition coefficient (Wildman–Crippen LogP) is 12.5. The molecule has 0 atom stereocenters. The van der Waals surface area contributed by atoms with Gasteiger partial charge < -0.3 is 0 Å². The van der Waals surface area contributed by atoms with Gasteiger partial charge in [-0.3, -0.25) is 0 Å². The Morgan fingerprint density at radius 2 is 0.500 bits per heavy atom. The van der Waals surface area contributed by atoms with Gasteiger partial charge in [0.2, 0.25) is 0 Å². The molecule has 52 heavy (non-hydrogen) atoms. The minimum atomic E-state index is -0.703. The summed E-state index contributed by atoms with van der Waals surface area (Å²) in [6.45, 7) is 27.2. The first-order valence-corrected chi connectivity index (χ1v) is 22.2. The third kappa shape index (κ3) is 6.47. The molecular formula is C48H50Ge2N2. The van der Waals surface area contributed by atoms with E-state index < -0.39 is 31.8 Å². The van der Waals surface area contributed by atoms with E-state index in [0.717, 1.165) is 0 Å². The van der Waals surface area contributed by atoms with Crippen LogP contribution in [-0.2, 0) is 0 Å². The second kappa shape index (κ2) is 14.1. The zero-order chi connectivity index (χ0) is 37.2. The van der Waals surface area contributed by atoms with Gasteiger partial charge in [-0.25, -0.2) is 0 Å². The third-order valence-corrected chi connectivity index (χ3v) is 18.6. The molecule has 0 aliphatic carbocycles. The van der Waals surface area contributed by atoms with E-state index in [4.69, 9.17) is 0 Å². The fraction of sp³-hybridized carbons (Fsp3) is 0.250. The Hall–Kier alpha value is -3.99. The molecule has 6 aromatic carbocycles. The number of anilines is 2. The molecule has 4 heteroatoms. The van der Waals surface area contributed by atoms with Crippen LogP contribution >= 0.6 is 0 Å². The van der Waals surface area contributed by atoms with E-state index in [-0.39, 0.29) is 0 Å². The zero-order valence-electron chi connectivity index (χ0n) is 33.0. The van der Waals surface area contributed by atoms with Crippen molar-refractivity contribution in [3.63, 3.8) is 0 Å². The van der Waals surface area contributed by atoms with Crippen LogP contribution in [0.1, 0.15) is 66.8 Å². The van der Waals surface area contributed by atoms with Crippen LogP contribution in [-0.4, -0.2) is 31.8 Å². The molecule has 0 bridgehead atoms. The molecule has 7 rings (SSSR count). The second-order valence-electron chi connectivity index (χ2n) is 15.4. The molecule has 6 aromatic rings. The van der Waals surface area contributed by atoms with E-state index in [1.54, 1.807) is 0 Å². The van der Waals surface area contributed by atoms with Crippen molar-refractivity contribution in [2.75, 3.05) is 5.63 Å². The molecular weight excluding hydrogens is 750 g/mol. The molecule has 0 N–H and O–H groups in total. The number of hydrogen-bond donors (Lipinski definition) is 0. The molecule has 2 nitrogen and oxygen atoms in total. The first-order valence-electron chi connectivity index (χ1n) is 18.4. The van der Waals surface area contributed by atoms with Crippen LogP contribution < -0.4 is 5.63 Å². The van der Waals surface area contributed by atoms with Crippen molar-refractivity contribution in [3.8, 4) is 44.5 Å². The van der Waals surface area contributed by atoms with Gasteiger partial charge in [0, 0.05) is 0 Å². The molecule has 0 unspecified atom stereocenters. The van der Waals surface area contributed by atoms with Crippen LogP contribution in [0.3, 0.4) is 0 Å². The summed E-state index contributed by atoms with van der Waals surface area (Å²) in [6.07, 6.45) is 0. The summed E-state index contributed by atoms with van der Waals surface area (Å²) in [4.78, 5) is 0. The maximum absolute atomic E-state index is 2.87. The van der Waals surface area contributed by atoms with Crippen molar-refractivity contribution in [1.29, 1.82) is 0 Å². The van der Waals surface area contributed by atoms with Crippen molar-refractivity contribution in [2.45, 2.75) is 83.1 Å². The van der Waals surface area contributed by atoms with E-state index in [9.17, 15) is 0 Å². The van der Waals surface area contributed by atoms with Gasteiger partial charge >= 0.3 is 328 Å². The molecule has 0 spiro atoms. The summed E-state index contributed by atoms with van der Waals surface area (Å²) in [6, 6.07) is 33.0. The summed E-state index contributed by atoms with van der Waals surface area (Å²) in [7, 11) is 0. The first kappa shape index (κ1) is 36.4. The Morgan fingerprint density at radius 3 is 0.692 bits per heavy atom. The van der Waals surface area contributed by atoms with E-state index in [2.05, 4.69) is 174 Å².